The zero-order valence-electron chi connectivity index (χ0n) is 13.6. The first-order valence-corrected chi connectivity index (χ1v) is 8.66. The molecule has 6 heteroatoms. The van der Waals surface area contributed by atoms with Crippen LogP contribution in [0.5, 0.6) is 0 Å². The molecule has 128 valence electrons. The van der Waals surface area contributed by atoms with E-state index >= 15 is 0 Å². The van der Waals surface area contributed by atoms with Gasteiger partial charge in [-0.05, 0) is 47.0 Å². The normalized spacial score (nSPS) is 11.0. The highest BCUT2D eigenvalue weighted by atomic mass is 35.5. The standard InChI is InChI=1S/C20H14Cl2N4/c21-13-5-1-3-11(9-13)15-7-8-16-18(26-20(24)19(23)25-16)17(15)12-4-2-6-14(22)10-12/h1-10H,(H2,23,25)(H2,24,26). The SMILES string of the molecule is Nc1nc2ccc(-c3cccc(Cl)c3)c(-c3cccc(Cl)c3)c2nc1N. The summed E-state index contributed by atoms with van der Waals surface area (Å²) in [7, 11) is 0. The molecule has 0 saturated heterocycles. The van der Waals surface area contributed by atoms with Gasteiger partial charge in [0.2, 0.25) is 0 Å². The Bertz CT molecular complexity index is 1140. The molecule has 0 aliphatic heterocycles. The van der Waals surface area contributed by atoms with Crippen molar-refractivity contribution in [3.63, 3.8) is 0 Å². The minimum Gasteiger partial charge on any atom is -0.381 e. The minimum atomic E-state index is 0.198. The summed E-state index contributed by atoms with van der Waals surface area (Å²) >= 11 is 12.4. The number of halogens is 2. The number of nitrogens with zero attached hydrogens (tertiary/aromatic N) is 2. The van der Waals surface area contributed by atoms with Crippen LogP contribution in [-0.2, 0) is 0 Å². The predicted molar refractivity (Wildman–Crippen MR) is 109 cm³/mol. The first-order valence-electron chi connectivity index (χ1n) is 7.90. The molecule has 4 rings (SSSR count). The van der Waals surface area contributed by atoms with Crippen molar-refractivity contribution in [2.45, 2.75) is 0 Å². The molecule has 3 aromatic carbocycles. The third-order valence-corrected chi connectivity index (χ3v) is 4.61. The van der Waals surface area contributed by atoms with Crippen LogP contribution < -0.4 is 11.5 Å². The lowest BCUT2D eigenvalue weighted by atomic mass is 9.93. The average molecular weight is 381 g/mol. The molecule has 0 unspecified atom stereocenters. The first kappa shape index (κ1) is 16.6. The topological polar surface area (TPSA) is 77.8 Å². The summed E-state index contributed by atoms with van der Waals surface area (Å²) in [6.45, 7) is 0. The third kappa shape index (κ3) is 2.94. The molecule has 4 aromatic rings. The van der Waals surface area contributed by atoms with Gasteiger partial charge in [-0.15, -0.1) is 0 Å². The summed E-state index contributed by atoms with van der Waals surface area (Å²) in [6, 6.07) is 19.1. The van der Waals surface area contributed by atoms with E-state index in [4.69, 9.17) is 34.7 Å². The van der Waals surface area contributed by atoms with E-state index in [1.165, 1.54) is 0 Å². The van der Waals surface area contributed by atoms with Crippen molar-refractivity contribution in [1.29, 1.82) is 0 Å². The maximum absolute atomic E-state index is 6.22. The molecule has 4 nitrogen and oxygen atoms in total. The molecule has 1 heterocycles. The number of nitrogen functional groups attached to an aromatic ring is 2. The Morgan fingerprint density at radius 1 is 0.692 bits per heavy atom. The Morgan fingerprint density at radius 2 is 1.31 bits per heavy atom. The molecule has 0 saturated carbocycles. The number of aromatic nitrogens is 2. The van der Waals surface area contributed by atoms with Crippen molar-refractivity contribution < 1.29 is 0 Å². The van der Waals surface area contributed by atoms with Gasteiger partial charge in [-0.1, -0.05) is 53.5 Å². The van der Waals surface area contributed by atoms with Gasteiger partial charge < -0.3 is 11.5 Å². The van der Waals surface area contributed by atoms with Crippen LogP contribution in [0.2, 0.25) is 10.0 Å². The summed E-state index contributed by atoms with van der Waals surface area (Å²) in [6.07, 6.45) is 0. The van der Waals surface area contributed by atoms with Crippen LogP contribution in [0.4, 0.5) is 11.6 Å². The van der Waals surface area contributed by atoms with Crippen LogP contribution in [0.15, 0.2) is 60.7 Å². The fourth-order valence-electron chi connectivity index (χ4n) is 2.98. The van der Waals surface area contributed by atoms with Crippen molar-refractivity contribution in [2.24, 2.45) is 0 Å². The summed E-state index contributed by atoms with van der Waals surface area (Å²) in [5, 5.41) is 1.29. The fraction of sp³-hybridized carbons (Fsp3) is 0. The van der Waals surface area contributed by atoms with Crippen molar-refractivity contribution in [2.75, 3.05) is 11.5 Å². The van der Waals surface area contributed by atoms with Gasteiger partial charge in [0.1, 0.15) is 0 Å². The summed E-state index contributed by atoms with van der Waals surface area (Å²) in [5.41, 5.74) is 16.8. The van der Waals surface area contributed by atoms with Crippen LogP contribution in [0.1, 0.15) is 0 Å². The van der Waals surface area contributed by atoms with Gasteiger partial charge >= 0.3 is 0 Å². The van der Waals surface area contributed by atoms with Gasteiger partial charge in [-0.3, -0.25) is 0 Å². The number of rotatable bonds is 2. The van der Waals surface area contributed by atoms with Gasteiger partial charge in [0.15, 0.2) is 11.6 Å². The van der Waals surface area contributed by atoms with Crippen molar-refractivity contribution in [3.05, 3.63) is 70.7 Å². The Hall–Kier alpha value is -2.82. The van der Waals surface area contributed by atoms with E-state index in [2.05, 4.69) is 9.97 Å². The second kappa shape index (κ2) is 6.48. The van der Waals surface area contributed by atoms with Gasteiger partial charge in [-0.25, -0.2) is 9.97 Å². The quantitative estimate of drug-likeness (QED) is 0.485. The molecule has 0 atom stereocenters. The molecular weight excluding hydrogens is 367 g/mol. The number of fused-ring (bicyclic) bond motifs is 1. The molecule has 0 bridgehead atoms. The summed E-state index contributed by atoms with van der Waals surface area (Å²) < 4.78 is 0. The van der Waals surface area contributed by atoms with Crippen LogP contribution in [0, 0.1) is 0 Å². The Labute approximate surface area is 160 Å². The molecule has 26 heavy (non-hydrogen) atoms. The first-order chi connectivity index (χ1) is 12.5. The van der Waals surface area contributed by atoms with Crippen molar-refractivity contribution in [1.82, 2.24) is 9.97 Å². The molecule has 0 fully saturated rings. The number of hydrogen-bond donors (Lipinski definition) is 2. The van der Waals surface area contributed by atoms with Crippen LogP contribution in [0.25, 0.3) is 33.3 Å². The zero-order chi connectivity index (χ0) is 18.3. The van der Waals surface area contributed by atoms with Gasteiger partial charge in [0.25, 0.3) is 0 Å². The lowest BCUT2D eigenvalue weighted by molar-refractivity contribution is 1.31. The molecular formula is C20H14Cl2N4. The van der Waals surface area contributed by atoms with E-state index in [-0.39, 0.29) is 11.6 Å². The highest BCUT2D eigenvalue weighted by molar-refractivity contribution is 6.31. The van der Waals surface area contributed by atoms with E-state index in [0.717, 1.165) is 22.3 Å². The number of nitrogens with two attached hydrogens (primary N) is 2. The van der Waals surface area contributed by atoms with E-state index in [9.17, 15) is 0 Å². The lowest BCUT2D eigenvalue weighted by Crippen LogP contribution is -2.02. The lowest BCUT2D eigenvalue weighted by Gasteiger charge is -2.14. The Kier molecular flexibility index (Phi) is 4.15. The Morgan fingerprint density at radius 3 is 2.00 bits per heavy atom. The van der Waals surface area contributed by atoms with E-state index < -0.39 is 0 Å². The molecule has 4 N–H and O–H groups in total. The highest BCUT2D eigenvalue weighted by Gasteiger charge is 2.16. The summed E-state index contributed by atoms with van der Waals surface area (Å²) in [5.74, 6) is 0.411. The molecule has 0 radical (unpaired) electrons. The van der Waals surface area contributed by atoms with E-state index in [0.29, 0.717) is 21.1 Å². The number of benzene rings is 3. The average Bonchev–Trinajstić information content (AvgIpc) is 2.62. The molecule has 0 spiro atoms. The van der Waals surface area contributed by atoms with E-state index in [1.807, 2.05) is 60.7 Å². The largest absolute Gasteiger partial charge is 0.381 e. The second-order valence-electron chi connectivity index (χ2n) is 5.87. The Balaban J connectivity index is 2.12. The monoisotopic (exact) mass is 380 g/mol. The maximum atomic E-state index is 6.22. The smallest absolute Gasteiger partial charge is 0.166 e. The molecule has 0 amide bonds. The van der Waals surface area contributed by atoms with E-state index in [1.54, 1.807) is 0 Å². The molecule has 1 aromatic heterocycles. The number of hydrogen-bond acceptors (Lipinski definition) is 4. The van der Waals surface area contributed by atoms with Gasteiger partial charge in [0.05, 0.1) is 11.0 Å². The van der Waals surface area contributed by atoms with Crippen molar-refractivity contribution in [3.8, 4) is 22.3 Å². The van der Waals surface area contributed by atoms with Crippen LogP contribution >= 0.6 is 23.2 Å². The van der Waals surface area contributed by atoms with Gasteiger partial charge in [-0.2, -0.15) is 0 Å². The third-order valence-electron chi connectivity index (χ3n) is 4.14. The predicted octanol–water partition coefficient (Wildman–Crippen LogP) is 5.44. The summed E-state index contributed by atoms with van der Waals surface area (Å²) in [4.78, 5) is 8.87. The van der Waals surface area contributed by atoms with Crippen LogP contribution in [-0.4, -0.2) is 9.97 Å². The highest BCUT2D eigenvalue weighted by Crippen LogP contribution is 2.39. The minimum absolute atomic E-state index is 0.198. The molecule has 0 aliphatic rings. The van der Waals surface area contributed by atoms with Gasteiger partial charge in [0, 0.05) is 15.6 Å². The zero-order valence-corrected chi connectivity index (χ0v) is 15.1. The second-order valence-corrected chi connectivity index (χ2v) is 6.74. The fourth-order valence-corrected chi connectivity index (χ4v) is 3.36. The van der Waals surface area contributed by atoms with Crippen molar-refractivity contribution >= 4 is 45.9 Å². The number of anilines is 2. The molecule has 0 aliphatic carbocycles. The van der Waals surface area contributed by atoms with Crippen LogP contribution in [0.3, 0.4) is 0 Å². The maximum Gasteiger partial charge on any atom is 0.166 e.